The number of carbonyl (C=O) groups is 1. The van der Waals surface area contributed by atoms with E-state index in [4.69, 9.17) is 16.6 Å². The Balaban J connectivity index is 1.53. The molecule has 4 rings (SSSR count). The number of rotatable bonds is 5. The van der Waals surface area contributed by atoms with Gasteiger partial charge in [-0.25, -0.2) is 0 Å². The Bertz CT molecular complexity index is 1050. The second kappa shape index (κ2) is 9.23. The van der Waals surface area contributed by atoms with Crippen LogP contribution in [0.25, 0.3) is 0 Å². The van der Waals surface area contributed by atoms with Gasteiger partial charge in [-0.3, -0.25) is 9.78 Å². The highest BCUT2D eigenvalue weighted by Gasteiger charge is 2.29. The van der Waals surface area contributed by atoms with Crippen molar-refractivity contribution in [3.8, 4) is 0 Å². The van der Waals surface area contributed by atoms with E-state index in [1.54, 1.807) is 0 Å². The number of aryl methyl sites for hydroxylation is 2. The van der Waals surface area contributed by atoms with Crippen LogP contribution in [0.15, 0.2) is 36.4 Å². The van der Waals surface area contributed by atoms with E-state index in [-0.39, 0.29) is 11.8 Å². The van der Waals surface area contributed by atoms with Crippen molar-refractivity contribution in [2.45, 2.75) is 45.4 Å². The summed E-state index contributed by atoms with van der Waals surface area (Å²) < 4.78 is 3.98. The van der Waals surface area contributed by atoms with Gasteiger partial charge in [-0.05, 0) is 79.5 Å². The molecule has 0 unspecified atom stereocenters. The number of hydrogen-bond acceptors (Lipinski definition) is 5. The summed E-state index contributed by atoms with van der Waals surface area (Å²) in [7, 11) is 0. The topological polar surface area (TPSA) is 59.0 Å². The number of pyridine rings is 1. The van der Waals surface area contributed by atoms with Gasteiger partial charge in [0.25, 0.3) is 5.91 Å². The minimum Gasteiger partial charge on any atom is -0.337 e. The van der Waals surface area contributed by atoms with Crippen LogP contribution in [0.2, 0.25) is 5.02 Å². The first kappa shape index (κ1) is 20.9. The second-order valence-electron chi connectivity index (χ2n) is 7.84. The van der Waals surface area contributed by atoms with Crippen LogP contribution in [0, 0.1) is 6.92 Å². The van der Waals surface area contributed by atoms with Crippen LogP contribution in [0.4, 0.5) is 0 Å². The molecule has 1 atom stereocenters. The third kappa shape index (κ3) is 4.71. The van der Waals surface area contributed by atoms with E-state index >= 15 is 0 Å². The van der Waals surface area contributed by atoms with Gasteiger partial charge >= 0.3 is 0 Å². The molecule has 1 aromatic carbocycles. The summed E-state index contributed by atoms with van der Waals surface area (Å²) in [5.74, 6) is 0.296. The predicted octanol–water partition coefficient (Wildman–Crippen LogP) is 5.07. The number of likely N-dealkylation sites (tertiary alicyclic amines) is 1. The highest BCUT2D eigenvalue weighted by atomic mass is 35.5. The van der Waals surface area contributed by atoms with E-state index in [1.807, 2.05) is 36.9 Å². The Hall–Kier alpha value is -2.31. The molecule has 1 aliphatic rings. The lowest BCUT2D eigenvalue weighted by Gasteiger charge is -2.32. The highest BCUT2D eigenvalue weighted by Crippen LogP contribution is 2.29. The van der Waals surface area contributed by atoms with Crippen LogP contribution >= 0.6 is 23.1 Å². The number of hydrogen-bond donors (Lipinski definition) is 0. The van der Waals surface area contributed by atoms with Gasteiger partial charge in [0.2, 0.25) is 0 Å². The number of nitrogens with zero attached hydrogens (tertiary/aromatic N) is 4. The molecular weight excluding hydrogens is 416 g/mol. The molecular formula is C23H25ClN4OS. The molecule has 0 bridgehead atoms. The van der Waals surface area contributed by atoms with Crippen molar-refractivity contribution < 1.29 is 4.79 Å². The maximum atomic E-state index is 13.0. The van der Waals surface area contributed by atoms with E-state index < -0.39 is 0 Å². The number of piperidine rings is 1. The summed E-state index contributed by atoms with van der Waals surface area (Å²) in [5, 5.41) is 4.85. The first-order valence-corrected chi connectivity index (χ1v) is 11.5. The van der Waals surface area contributed by atoms with Crippen LogP contribution in [-0.2, 0) is 12.8 Å². The molecule has 3 heterocycles. The molecule has 1 fully saturated rings. The molecule has 0 spiro atoms. The zero-order valence-electron chi connectivity index (χ0n) is 17.3. The van der Waals surface area contributed by atoms with E-state index in [0.717, 1.165) is 54.3 Å². The smallest absolute Gasteiger partial charge is 0.267 e. The van der Waals surface area contributed by atoms with Crippen LogP contribution in [0.3, 0.4) is 0 Å². The summed E-state index contributed by atoms with van der Waals surface area (Å²) in [4.78, 5) is 20.5. The minimum absolute atomic E-state index is 0.0540. The fraction of sp³-hybridized carbons (Fsp3) is 0.391. The normalized spacial score (nSPS) is 16.6. The molecule has 1 amide bonds. The van der Waals surface area contributed by atoms with Crippen molar-refractivity contribution >= 4 is 29.0 Å². The zero-order valence-corrected chi connectivity index (χ0v) is 18.8. The molecule has 156 valence electrons. The van der Waals surface area contributed by atoms with Crippen molar-refractivity contribution in [2.24, 2.45) is 0 Å². The number of carbonyl (C=O) groups excluding carboxylic acids is 1. The van der Waals surface area contributed by atoms with Gasteiger partial charge in [0.1, 0.15) is 4.88 Å². The zero-order chi connectivity index (χ0) is 21.1. The third-order valence-electron chi connectivity index (χ3n) is 5.54. The number of halogens is 1. The van der Waals surface area contributed by atoms with Crippen molar-refractivity contribution in [1.82, 2.24) is 19.5 Å². The fourth-order valence-electron chi connectivity index (χ4n) is 4.11. The lowest BCUT2D eigenvalue weighted by molar-refractivity contribution is 0.0709. The quantitative estimate of drug-likeness (QED) is 0.555. The van der Waals surface area contributed by atoms with Gasteiger partial charge in [0.05, 0.1) is 5.69 Å². The first-order valence-electron chi connectivity index (χ1n) is 10.4. The molecule has 30 heavy (non-hydrogen) atoms. The summed E-state index contributed by atoms with van der Waals surface area (Å²) in [5.41, 5.74) is 5.28. The molecule has 2 aromatic heterocycles. The van der Waals surface area contributed by atoms with Gasteiger partial charge in [-0.1, -0.05) is 35.1 Å². The van der Waals surface area contributed by atoms with Crippen LogP contribution in [0.5, 0.6) is 0 Å². The van der Waals surface area contributed by atoms with Gasteiger partial charge < -0.3 is 4.90 Å². The Kier molecular flexibility index (Phi) is 6.44. The summed E-state index contributed by atoms with van der Waals surface area (Å²) >= 11 is 7.35. The molecule has 0 N–H and O–H groups in total. The number of benzene rings is 1. The minimum atomic E-state index is 0.0540. The number of aromatic nitrogens is 3. The highest BCUT2D eigenvalue weighted by molar-refractivity contribution is 7.08. The molecule has 0 saturated carbocycles. The van der Waals surface area contributed by atoms with E-state index in [9.17, 15) is 4.79 Å². The van der Waals surface area contributed by atoms with Crippen molar-refractivity contribution in [1.29, 1.82) is 0 Å². The summed E-state index contributed by atoms with van der Waals surface area (Å²) in [6.45, 7) is 5.50. The summed E-state index contributed by atoms with van der Waals surface area (Å²) in [6.07, 6.45) is 3.56. The van der Waals surface area contributed by atoms with Gasteiger partial charge in [0.15, 0.2) is 0 Å². The van der Waals surface area contributed by atoms with Crippen LogP contribution < -0.4 is 0 Å². The number of amides is 1. The summed E-state index contributed by atoms with van der Waals surface area (Å²) in [6, 6.07) is 12.3. The molecule has 0 radical (unpaired) electrons. The maximum Gasteiger partial charge on any atom is 0.267 e. The monoisotopic (exact) mass is 440 g/mol. The van der Waals surface area contributed by atoms with Gasteiger partial charge in [-0.15, -0.1) is 5.10 Å². The molecule has 5 nitrogen and oxygen atoms in total. The average Bonchev–Trinajstić information content (AvgIpc) is 3.22. The molecule has 1 saturated heterocycles. The van der Waals surface area contributed by atoms with E-state index in [2.05, 4.69) is 27.8 Å². The molecule has 3 aromatic rings. The van der Waals surface area contributed by atoms with Crippen molar-refractivity contribution in [2.75, 3.05) is 13.1 Å². The van der Waals surface area contributed by atoms with Gasteiger partial charge in [-0.2, -0.15) is 0 Å². The first-order chi connectivity index (χ1) is 14.5. The Morgan fingerprint density at radius 3 is 2.93 bits per heavy atom. The van der Waals surface area contributed by atoms with Crippen molar-refractivity contribution in [3.63, 3.8) is 0 Å². The fourth-order valence-corrected chi connectivity index (χ4v) is 5.04. The Labute approximate surface area is 186 Å². The van der Waals surface area contributed by atoms with Crippen molar-refractivity contribution in [3.05, 3.63) is 74.5 Å². The SMILES string of the molecule is CCc1nnsc1C(=O)N1CCC[C@H](c2cc(Cc3cccc(Cl)c3)cc(C)n2)C1. The molecule has 7 heteroatoms. The Morgan fingerprint density at radius 2 is 2.13 bits per heavy atom. The van der Waals surface area contributed by atoms with E-state index in [0.29, 0.717) is 11.4 Å². The van der Waals surface area contributed by atoms with E-state index in [1.165, 1.54) is 22.7 Å². The maximum absolute atomic E-state index is 13.0. The predicted molar refractivity (Wildman–Crippen MR) is 120 cm³/mol. The third-order valence-corrected chi connectivity index (χ3v) is 6.53. The largest absolute Gasteiger partial charge is 0.337 e. The van der Waals surface area contributed by atoms with Gasteiger partial charge in [0, 0.05) is 35.4 Å². The second-order valence-corrected chi connectivity index (χ2v) is 9.03. The molecule has 1 aliphatic heterocycles. The Morgan fingerprint density at radius 1 is 1.27 bits per heavy atom. The lowest BCUT2D eigenvalue weighted by atomic mass is 9.92. The average molecular weight is 441 g/mol. The standard InChI is InChI=1S/C23H25ClN4OS/c1-3-20-22(30-27-26-20)23(29)28-9-5-7-18(14-28)21-13-17(10-15(2)25-21)11-16-6-4-8-19(24)12-16/h4,6,8,10,12-13,18H,3,5,7,9,11,14H2,1-2H3/t18-/m0/s1. The van der Waals surface area contributed by atoms with Crippen LogP contribution in [0.1, 0.15) is 63.6 Å². The lowest BCUT2D eigenvalue weighted by Crippen LogP contribution is -2.39. The molecule has 0 aliphatic carbocycles. The van der Waals surface area contributed by atoms with Crippen LogP contribution in [-0.4, -0.2) is 38.5 Å².